The number of hydrogen-bond donors (Lipinski definition) is 1. The number of nitrogens with zero attached hydrogens (tertiary/aromatic N) is 3. The summed E-state index contributed by atoms with van der Waals surface area (Å²) in [7, 11) is 0. The Balaban J connectivity index is 1.42. The fourth-order valence-electron chi connectivity index (χ4n) is 5.73. The second-order valence-corrected chi connectivity index (χ2v) is 11.0. The monoisotopic (exact) mass is 598 g/mol. The standard InChI is InChI=1S/C34H29F3N4OS/c1-21-9-4-5-13-30(21)42-27-16-14-25(15-17-27)41-32(31(39-33(41)43)29-12-6-7-18-38-29)28-19-22(2)40(23(28)3)26-11-8-10-24(20-26)34(35,36)37/h4-20,31-32H,1-3H3,(H,39,43)/t31-,32-/m1/s1. The van der Waals surface area contributed by atoms with E-state index in [0.29, 0.717) is 16.5 Å². The van der Waals surface area contributed by atoms with Gasteiger partial charge in [-0.1, -0.05) is 30.3 Å². The largest absolute Gasteiger partial charge is 0.457 e. The van der Waals surface area contributed by atoms with Crippen molar-refractivity contribution in [2.75, 3.05) is 4.90 Å². The van der Waals surface area contributed by atoms with Crippen LogP contribution < -0.4 is 15.0 Å². The number of benzene rings is 3. The third-order valence-corrected chi connectivity index (χ3v) is 8.07. The van der Waals surface area contributed by atoms with Gasteiger partial charge in [-0.15, -0.1) is 0 Å². The lowest BCUT2D eigenvalue weighted by Crippen LogP contribution is -2.29. The minimum absolute atomic E-state index is 0.299. The van der Waals surface area contributed by atoms with E-state index >= 15 is 0 Å². The lowest BCUT2D eigenvalue weighted by atomic mass is 9.96. The normalized spacial score (nSPS) is 16.8. The molecule has 6 rings (SSSR count). The summed E-state index contributed by atoms with van der Waals surface area (Å²) < 4.78 is 48.7. The van der Waals surface area contributed by atoms with Crippen molar-refractivity contribution in [3.63, 3.8) is 0 Å². The van der Waals surface area contributed by atoms with Crippen molar-refractivity contribution in [2.24, 2.45) is 0 Å². The molecule has 3 heterocycles. The second-order valence-electron chi connectivity index (χ2n) is 10.6. The first-order valence-electron chi connectivity index (χ1n) is 13.8. The predicted molar refractivity (Wildman–Crippen MR) is 166 cm³/mol. The Labute approximate surface area is 253 Å². The lowest BCUT2D eigenvalue weighted by Gasteiger charge is -2.28. The van der Waals surface area contributed by atoms with Gasteiger partial charge in [-0.2, -0.15) is 13.2 Å². The molecule has 5 nitrogen and oxygen atoms in total. The highest BCUT2D eigenvalue weighted by Gasteiger charge is 2.42. The Kier molecular flexibility index (Phi) is 7.43. The van der Waals surface area contributed by atoms with E-state index in [4.69, 9.17) is 17.0 Å². The summed E-state index contributed by atoms with van der Waals surface area (Å²) in [6, 6.07) is 28.1. The van der Waals surface area contributed by atoms with Crippen LogP contribution in [0.3, 0.4) is 0 Å². The molecule has 5 aromatic rings. The van der Waals surface area contributed by atoms with Gasteiger partial charge in [-0.25, -0.2) is 0 Å². The Morgan fingerprint density at radius 2 is 1.58 bits per heavy atom. The summed E-state index contributed by atoms with van der Waals surface area (Å²) in [6.07, 6.45) is -2.70. The maximum Gasteiger partial charge on any atom is 0.416 e. The molecule has 1 N–H and O–H groups in total. The quantitative estimate of drug-likeness (QED) is 0.198. The van der Waals surface area contributed by atoms with E-state index in [2.05, 4.69) is 10.3 Å². The highest BCUT2D eigenvalue weighted by Crippen LogP contribution is 2.44. The molecule has 0 unspecified atom stereocenters. The van der Waals surface area contributed by atoms with E-state index in [1.165, 1.54) is 12.1 Å². The average Bonchev–Trinajstić information content (AvgIpc) is 3.49. The van der Waals surface area contributed by atoms with Crippen LogP contribution >= 0.6 is 12.2 Å². The number of ether oxygens (including phenoxy) is 1. The Hall–Kier alpha value is -4.63. The number of halogens is 3. The number of rotatable bonds is 6. The fraction of sp³-hybridized carbons (Fsp3) is 0.176. The number of hydrogen-bond acceptors (Lipinski definition) is 3. The number of anilines is 1. The van der Waals surface area contributed by atoms with Crippen LogP contribution in [0.5, 0.6) is 11.5 Å². The summed E-state index contributed by atoms with van der Waals surface area (Å²) in [5.41, 5.74) is 5.00. The van der Waals surface area contributed by atoms with E-state index < -0.39 is 11.7 Å². The van der Waals surface area contributed by atoms with Gasteiger partial charge in [0.05, 0.1) is 23.3 Å². The first kappa shape index (κ1) is 28.5. The van der Waals surface area contributed by atoms with Crippen LogP contribution in [-0.4, -0.2) is 14.7 Å². The first-order valence-corrected chi connectivity index (χ1v) is 14.2. The van der Waals surface area contributed by atoms with Crippen molar-refractivity contribution in [2.45, 2.75) is 39.0 Å². The molecule has 1 fully saturated rings. The molecule has 2 atom stereocenters. The highest BCUT2D eigenvalue weighted by atomic mass is 32.1. The van der Waals surface area contributed by atoms with Crippen LogP contribution in [0.15, 0.2) is 103 Å². The predicted octanol–water partition coefficient (Wildman–Crippen LogP) is 8.79. The van der Waals surface area contributed by atoms with Gasteiger partial charge in [0.25, 0.3) is 0 Å². The maximum absolute atomic E-state index is 13.6. The molecule has 0 saturated carbocycles. The van der Waals surface area contributed by atoms with Crippen molar-refractivity contribution in [1.29, 1.82) is 0 Å². The number of thiocarbonyl (C=S) groups is 1. The molecule has 0 amide bonds. The van der Waals surface area contributed by atoms with Crippen molar-refractivity contribution in [3.05, 3.63) is 137 Å². The summed E-state index contributed by atoms with van der Waals surface area (Å²) >= 11 is 5.89. The molecule has 1 aliphatic rings. The third-order valence-electron chi connectivity index (χ3n) is 7.75. The topological polar surface area (TPSA) is 42.3 Å². The summed E-state index contributed by atoms with van der Waals surface area (Å²) in [6.45, 7) is 5.82. The SMILES string of the molecule is Cc1ccccc1Oc1ccc(N2C(=S)N[C@H](c3ccccn3)[C@H]2c2cc(C)n(-c3cccc(C(F)(F)F)c3)c2C)cc1. The number of alkyl halides is 3. The lowest BCUT2D eigenvalue weighted by molar-refractivity contribution is -0.137. The van der Waals surface area contributed by atoms with Crippen LogP contribution in [-0.2, 0) is 6.18 Å². The molecule has 43 heavy (non-hydrogen) atoms. The number of para-hydroxylation sites is 1. The third kappa shape index (κ3) is 5.48. The molecule has 2 aromatic heterocycles. The van der Waals surface area contributed by atoms with E-state index in [-0.39, 0.29) is 12.1 Å². The molecule has 1 aliphatic heterocycles. The highest BCUT2D eigenvalue weighted by molar-refractivity contribution is 7.80. The summed E-state index contributed by atoms with van der Waals surface area (Å²) in [5, 5.41) is 3.98. The molecule has 0 radical (unpaired) electrons. The molecular formula is C34H29F3N4OS. The number of aryl methyl sites for hydroxylation is 2. The van der Waals surface area contributed by atoms with Gasteiger partial charge < -0.3 is 19.5 Å². The number of aromatic nitrogens is 2. The molecule has 0 spiro atoms. The van der Waals surface area contributed by atoms with Gasteiger partial charge in [0, 0.05) is 29.0 Å². The fourth-order valence-corrected chi connectivity index (χ4v) is 6.07. The van der Waals surface area contributed by atoms with Crippen molar-refractivity contribution >= 4 is 23.0 Å². The van der Waals surface area contributed by atoms with Gasteiger partial charge in [0.15, 0.2) is 5.11 Å². The number of nitrogens with one attached hydrogen (secondary N) is 1. The zero-order valence-corrected chi connectivity index (χ0v) is 24.6. The van der Waals surface area contributed by atoms with E-state index in [9.17, 15) is 13.2 Å². The van der Waals surface area contributed by atoms with Crippen LogP contribution in [0.1, 0.15) is 45.9 Å². The smallest absolute Gasteiger partial charge is 0.416 e. The van der Waals surface area contributed by atoms with E-state index in [1.54, 1.807) is 12.3 Å². The maximum atomic E-state index is 13.6. The summed E-state index contributed by atoms with van der Waals surface area (Å²) in [4.78, 5) is 6.67. The van der Waals surface area contributed by atoms with Crippen LogP contribution in [0.4, 0.5) is 18.9 Å². The zero-order chi connectivity index (χ0) is 30.3. The average molecular weight is 599 g/mol. The Bertz CT molecular complexity index is 1780. The molecule has 0 aliphatic carbocycles. The van der Waals surface area contributed by atoms with Gasteiger partial charge in [0.2, 0.25) is 0 Å². The van der Waals surface area contributed by atoms with Crippen LogP contribution in [0.2, 0.25) is 0 Å². The molecule has 9 heteroatoms. The summed E-state index contributed by atoms with van der Waals surface area (Å²) in [5.74, 6) is 1.47. The molecule has 0 bridgehead atoms. The minimum atomic E-state index is -4.44. The van der Waals surface area contributed by atoms with Crippen molar-refractivity contribution < 1.29 is 17.9 Å². The van der Waals surface area contributed by atoms with Crippen molar-refractivity contribution in [3.8, 4) is 17.2 Å². The number of pyridine rings is 1. The minimum Gasteiger partial charge on any atom is -0.457 e. The molecule has 1 saturated heterocycles. The van der Waals surface area contributed by atoms with E-state index in [0.717, 1.165) is 45.7 Å². The van der Waals surface area contributed by atoms with Gasteiger partial charge in [-0.3, -0.25) is 4.98 Å². The zero-order valence-electron chi connectivity index (χ0n) is 23.8. The second kappa shape index (κ2) is 11.2. The van der Waals surface area contributed by atoms with Gasteiger partial charge in [-0.05, 0) is 111 Å². The van der Waals surface area contributed by atoms with Crippen LogP contribution in [0.25, 0.3) is 5.69 Å². The molecular weight excluding hydrogens is 569 g/mol. The van der Waals surface area contributed by atoms with Gasteiger partial charge in [0.1, 0.15) is 11.5 Å². The molecule has 218 valence electrons. The van der Waals surface area contributed by atoms with Crippen molar-refractivity contribution in [1.82, 2.24) is 14.9 Å². The van der Waals surface area contributed by atoms with E-state index in [1.807, 2.05) is 103 Å². The Morgan fingerprint density at radius 1 is 0.837 bits per heavy atom. The molecule has 3 aromatic carbocycles. The van der Waals surface area contributed by atoms with Crippen LogP contribution in [0, 0.1) is 20.8 Å². The Morgan fingerprint density at radius 3 is 2.28 bits per heavy atom. The van der Waals surface area contributed by atoms with Gasteiger partial charge >= 0.3 is 6.18 Å². The first-order chi connectivity index (χ1) is 20.6.